The topological polar surface area (TPSA) is 30.0 Å². The lowest BCUT2D eigenvalue weighted by Crippen LogP contribution is -2.02. The summed E-state index contributed by atoms with van der Waals surface area (Å²) in [5, 5.41) is 0.111. The van der Waals surface area contributed by atoms with E-state index in [1.54, 1.807) is 12.1 Å². The maximum Gasteiger partial charge on any atom is 0.263 e. The zero-order valence-corrected chi connectivity index (χ0v) is 9.86. The van der Waals surface area contributed by atoms with E-state index in [-0.39, 0.29) is 21.9 Å². The van der Waals surface area contributed by atoms with Crippen LogP contribution in [0.4, 0.5) is 8.78 Å². The first-order valence-electron chi connectivity index (χ1n) is 5.11. The third kappa shape index (κ3) is 2.71. The van der Waals surface area contributed by atoms with Gasteiger partial charge in [0.2, 0.25) is 0 Å². The monoisotopic (exact) mass is 267 g/mol. The van der Waals surface area contributed by atoms with Crippen LogP contribution in [0.1, 0.15) is 27.9 Å². The second kappa shape index (κ2) is 5.23. The first-order valence-corrected chi connectivity index (χ1v) is 5.49. The lowest BCUT2D eigenvalue weighted by atomic mass is 10.0. The Balaban J connectivity index is 2.42. The van der Waals surface area contributed by atoms with Crippen LogP contribution in [-0.4, -0.2) is 10.8 Å². The molecule has 0 bridgehead atoms. The third-order valence-corrected chi connectivity index (χ3v) is 2.58. The predicted molar refractivity (Wildman–Crippen MR) is 64.1 cm³/mol. The quantitative estimate of drug-likeness (QED) is 0.790. The van der Waals surface area contributed by atoms with Gasteiger partial charge in [0, 0.05) is 34.1 Å². The molecule has 0 unspecified atom stereocenters. The van der Waals surface area contributed by atoms with Crippen molar-refractivity contribution in [3.8, 4) is 0 Å². The average Bonchev–Trinajstić information content (AvgIpc) is 2.38. The number of halogens is 3. The van der Waals surface area contributed by atoms with Gasteiger partial charge in [-0.15, -0.1) is 0 Å². The number of pyridine rings is 1. The number of benzene rings is 1. The lowest BCUT2D eigenvalue weighted by molar-refractivity contribution is 0.103. The van der Waals surface area contributed by atoms with Crippen LogP contribution < -0.4 is 0 Å². The molecular weight excluding hydrogens is 260 g/mol. The Morgan fingerprint density at radius 1 is 1.22 bits per heavy atom. The molecule has 2 nitrogen and oxygen atoms in total. The molecule has 0 amide bonds. The molecule has 0 aliphatic carbocycles. The van der Waals surface area contributed by atoms with E-state index in [9.17, 15) is 13.6 Å². The largest absolute Gasteiger partial charge is 0.289 e. The van der Waals surface area contributed by atoms with Gasteiger partial charge in [0.25, 0.3) is 6.43 Å². The summed E-state index contributed by atoms with van der Waals surface area (Å²) in [5.74, 6) is -0.382. The van der Waals surface area contributed by atoms with Gasteiger partial charge in [-0.3, -0.25) is 9.78 Å². The Kier molecular flexibility index (Phi) is 3.67. The van der Waals surface area contributed by atoms with Gasteiger partial charge in [-0.1, -0.05) is 11.6 Å². The number of alkyl halides is 2. The van der Waals surface area contributed by atoms with E-state index in [1.165, 1.54) is 18.5 Å². The molecule has 1 aromatic carbocycles. The van der Waals surface area contributed by atoms with E-state index >= 15 is 0 Å². The highest BCUT2D eigenvalue weighted by Gasteiger charge is 2.14. The fourth-order valence-electron chi connectivity index (χ4n) is 1.53. The van der Waals surface area contributed by atoms with Crippen molar-refractivity contribution >= 4 is 17.4 Å². The first kappa shape index (κ1) is 12.6. The Bertz CT molecular complexity index is 572. The molecule has 0 radical (unpaired) electrons. The highest BCUT2D eigenvalue weighted by Crippen LogP contribution is 2.25. The number of carbonyl (C=O) groups is 1. The van der Waals surface area contributed by atoms with E-state index in [2.05, 4.69) is 4.98 Å². The second-order valence-electron chi connectivity index (χ2n) is 3.64. The molecule has 0 fully saturated rings. The molecule has 0 atom stereocenters. The molecule has 1 aromatic heterocycles. The summed E-state index contributed by atoms with van der Waals surface area (Å²) >= 11 is 5.72. The molecule has 0 N–H and O–H groups in total. The smallest absolute Gasteiger partial charge is 0.263 e. The van der Waals surface area contributed by atoms with E-state index in [4.69, 9.17) is 11.6 Å². The van der Waals surface area contributed by atoms with Gasteiger partial charge < -0.3 is 0 Å². The zero-order valence-electron chi connectivity index (χ0n) is 9.11. The van der Waals surface area contributed by atoms with Crippen molar-refractivity contribution in [2.75, 3.05) is 0 Å². The molecule has 18 heavy (non-hydrogen) atoms. The van der Waals surface area contributed by atoms with Gasteiger partial charge in [0.15, 0.2) is 5.78 Å². The fraction of sp³-hybridized carbons (Fsp3) is 0.0769. The maximum atomic E-state index is 12.6. The van der Waals surface area contributed by atoms with E-state index in [0.29, 0.717) is 5.56 Å². The Morgan fingerprint density at radius 2 is 2.00 bits per heavy atom. The summed E-state index contributed by atoms with van der Waals surface area (Å²) < 4.78 is 25.2. The Morgan fingerprint density at radius 3 is 2.61 bits per heavy atom. The van der Waals surface area contributed by atoms with Crippen LogP contribution in [-0.2, 0) is 0 Å². The van der Waals surface area contributed by atoms with E-state index < -0.39 is 6.43 Å². The van der Waals surface area contributed by atoms with Gasteiger partial charge in [-0.25, -0.2) is 8.78 Å². The molecule has 0 aliphatic rings. The zero-order chi connectivity index (χ0) is 13.1. The van der Waals surface area contributed by atoms with E-state index in [1.807, 2.05) is 0 Å². The highest BCUT2D eigenvalue weighted by molar-refractivity contribution is 6.31. The van der Waals surface area contributed by atoms with Gasteiger partial charge in [0.1, 0.15) is 0 Å². The van der Waals surface area contributed by atoms with Crippen molar-refractivity contribution in [3.63, 3.8) is 0 Å². The average molecular weight is 268 g/mol. The standard InChI is InChI=1S/C13H8ClF2NO/c14-11-5-9(4-10(6-11)13(15)16)12(18)8-2-1-3-17-7-8/h1-7,13H. The summed E-state index contributed by atoms with van der Waals surface area (Å²) in [6.07, 6.45) is 0.245. The van der Waals surface area contributed by atoms with Crippen molar-refractivity contribution in [2.24, 2.45) is 0 Å². The minimum atomic E-state index is -2.66. The van der Waals surface area contributed by atoms with Crippen molar-refractivity contribution in [2.45, 2.75) is 6.43 Å². The van der Waals surface area contributed by atoms with Gasteiger partial charge in [-0.05, 0) is 30.3 Å². The molecule has 0 saturated carbocycles. The highest BCUT2D eigenvalue weighted by atomic mass is 35.5. The van der Waals surface area contributed by atoms with Crippen LogP contribution in [0.25, 0.3) is 0 Å². The summed E-state index contributed by atoms with van der Waals surface area (Å²) in [5.41, 5.74) is 0.195. The number of nitrogens with zero attached hydrogens (tertiary/aromatic N) is 1. The Labute approximate surface area is 107 Å². The first-order chi connectivity index (χ1) is 8.58. The molecular formula is C13H8ClF2NO. The van der Waals surface area contributed by atoms with Crippen LogP contribution in [0.3, 0.4) is 0 Å². The number of carbonyl (C=O) groups excluding carboxylic acids is 1. The number of rotatable bonds is 3. The summed E-state index contributed by atoms with van der Waals surface area (Å²) in [6.45, 7) is 0. The van der Waals surface area contributed by atoms with Crippen LogP contribution in [0.2, 0.25) is 5.02 Å². The minimum absolute atomic E-state index is 0.111. The summed E-state index contributed by atoms with van der Waals surface area (Å²) in [7, 11) is 0. The number of ketones is 1. The van der Waals surface area contributed by atoms with Crippen LogP contribution >= 0.6 is 11.6 Å². The van der Waals surface area contributed by atoms with Crippen LogP contribution in [0.5, 0.6) is 0 Å². The summed E-state index contributed by atoms with van der Waals surface area (Å²) in [4.78, 5) is 15.8. The fourth-order valence-corrected chi connectivity index (χ4v) is 1.78. The van der Waals surface area contributed by atoms with Crippen molar-refractivity contribution in [1.82, 2.24) is 4.98 Å². The molecule has 0 aliphatic heterocycles. The predicted octanol–water partition coefficient (Wildman–Crippen LogP) is 3.90. The molecule has 2 rings (SSSR count). The van der Waals surface area contributed by atoms with Gasteiger partial charge >= 0.3 is 0 Å². The number of hydrogen-bond acceptors (Lipinski definition) is 2. The normalized spacial score (nSPS) is 10.7. The molecule has 1 heterocycles. The minimum Gasteiger partial charge on any atom is -0.289 e. The molecule has 2 aromatic rings. The van der Waals surface area contributed by atoms with Gasteiger partial charge in [0.05, 0.1) is 0 Å². The SMILES string of the molecule is O=C(c1cccnc1)c1cc(Cl)cc(C(F)F)c1. The molecule has 0 spiro atoms. The third-order valence-electron chi connectivity index (χ3n) is 2.36. The molecule has 92 valence electrons. The maximum absolute atomic E-state index is 12.6. The van der Waals surface area contributed by atoms with Crippen LogP contribution in [0, 0.1) is 0 Å². The summed E-state index contributed by atoms with van der Waals surface area (Å²) in [6, 6.07) is 6.82. The van der Waals surface area contributed by atoms with Gasteiger partial charge in [-0.2, -0.15) is 0 Å². The van der Waals surface area contributed by atoms with Crippen molar-refractivity contribution in [3.05, 3.63) is 64.4 Å². The number of aromatic nitrogens is 1. The van der Waals surface area contributed by atoms with E-state index in [0.717, 1.165) is 12.1 Å². The number of hydrogen-bond donors (Lipinski definition) is 0. The van der Waals surface area contributed by atoms with Crippen LogP contribution in [0.15, 0.2) is 42.7 Å². The van der Waals surface area contributed by atoms with Crippen molar-refractivity contribution < 1.29 is 13.6 Å². The lowest BCUT2D eigenvalue weighted by Gasteiger charge is -2.05. The molecule has 5 heteroatoms. The second-order valence-corrected chi connectivity index (χ2v) is 4.08. The Hall–Kier alpha value is -1.81. The van der Waals surface area contributed by atoms with Crippen molar-refractivity contribution in [1.29, 1.82) is 0 Å². The molecule has 0 saturated heterocycles.